The third-order valence-electron chi connectivity index (χ3n) is 4.82. The lowest BCUT2D eigenvalue weighted by Crippen LogP contribution is -2.35. The van der Waals surface area contributed by atoms with Gasteiger partial charge in [-0.1, -0.05) is 30.2 Å². The standard InChI is InChI=1S/C21H23ClN2O6S/c1-29-18-8-4-3-7-17(18)23-20(25)14-30-21(26)15-9-10-16(22)19(13-15)31(27,28)24-11-5-2-6-12-24/h3-4,7-10,13H,2,5-6,11-12,14H2,1H3,(H,23,25). The lowest BCUT2D eigenvalue weighted by Gasteiger charge is -2.26. The van der Waals surface area contributed by atoms with Gasteiger partial charge in [0.1, 0.15) is 10.6 Å². The molecule has 3 rings (SSSR count). The van der Waals surface area contributed by atoms with E-state index >= 15 is 0 Å². The van der Waals surface area contributed by atoms with Crippen LogP contribution in [0.1, 0.15) is 29.6 Å². The molecule has 0 unspecified atom stereocenters. The van der Waals surface area contributed by atoms with Crippen molar-refractivity contribution in [3.63, 3.8) is 0 Å². The monoisotopic (exact) mass is 466 g/mol. The van der Waals surface area contributed by atoms with E-state index in [-0.39, 0.29) is 15.5 Å². The van der Waals surface area contributed by atoms with Crippen LogP contribution < -0.4 is 10.1 Å². The highest BCUT2D eigenvalue weighted by molar-refractivity contribution is 7.89. The van der Waals surface area contributed by atoms with Crippen LogP contribution in [0.25, 0.3) is 0 Å². The Morgan fingerprint density at radius 1 is 1.10 bits per heavy atom. The van der Waals surface area contributed by atoms with Gasteiger partial charge in [-0.2, -0.15) is 4.31 Å². The first-order valence-electron chi connectivity index (χ1n) is 9.72. The Hall–Kier alpha value is -2.62. The fourth-order valence-electron chi connectivity index (χ4n) is 3.22. The van der Waals surface area contributed by atoms with Crippen LogP contribution in [0.4, 0.5) is 5.69 Å². The predicted molar refractivity (Wildman–Crippen MR) is 116 cm³/mol. The van der Waals surface area contributed by atoms with Gasteiger partial charge in [-0.05, 0) is 43.2 Å². The van der Waals surface area contributed by atoms with Gasteiger partial charge in [-0.3, -0.25) is 4.79 Å². The largest absolute Gasteiger partial charge is 0.495 e. The van der Waals surface area contributed by atoms with Crippen LogP contribution in [-0.2, 0) is 19.6 Å². The topological polar surface area (TPSA) is 102 Å². The Bertz CT molecular complexity index is 1070. The summed E-state index contributed by atoms with van der Waals surface area (Å²) in [6.45, 7) is 0.278. The van der Waals surface area contributed by atoms with Crippen molar-refractivity contribution in [3.8, 4) is 5.75 Å². The normalized spacial score (nSPS) is 14.6. The molecular formula is C21H23ClN2O6S. The molecule has 0 atom stereocenters. The number of methoxy groups -OCH3 is 1. The zero-order valence-electron chi connectivity index (χ0n) is 17.0. The highest BCUT2D eigenvalue weighted by Crippen LogP contribution is 2.28. The summed E-state index contributed by atoms with van der Waals surface area (Å²) < 4.78 is 37.4. The molecule has 1 aliphatic rings. The Balaban J connectivity index is 1.68. The zero-order chi connectivity index (χ0) is 22.4. The van der Waals surface area contributed by atoms with E-state index in [0.717, 1.165) is 19.3 Å². The van der Waals surface area contributed by atoms with Crippen molar-refractivity contribution in [2.45, 2.75) is 24.2 Å². The lowest BCUT2D eigenvalue weighted by atomic mass is 10.2. The summed E-state index contributed by atoms with van der Waals surface area (Å²) >= 11 is 6.12. The molecule has 2 aromatic carbocycles. The summed E-state index contributed by atoms with van der Waals surface area (Å²) in [6.07, 6.45) is 2.53. The van der Waals surface area contributed by atoms with Gasteiger partial charge >= 0.3 is 5.97 Å². The van der Waals surface area contributed by atoms with Crippen molar-refractivity contribution in [1.82, 2.24) is 4.31 Å². The number of para-hydroxylation sites is 2. The van der Waals surface area contributed by atoms with Crippen molar-refractivity contribution in [2.24, 2.45) is 0 Å². The molecule has 1 amide bonds. The third kappa shape index (κ3) is 5.55. The van der Waals surface area contributed by atoms with E-state index in [2.05, 4.69) is 5.32 Å². The average Bonchev–Trinajstić information content (AvgIpc) is 2.78. The van der Waals surface area contributed by atoms with Gasteiger partial charge in [-0.15, -0.1) is 0 Å². The number of sulfonamides is 1. The molecule has 1 fully saturated rings. The van der Waals surface area contributed by atoms with Crippen LogP contribution >= 0.6 is 11.6 Å². The molecule has 31 heavy (non-hydrogen) atoms. The minimum absolute atomic E-state index is 0.00919. The van der Waals surface area contributed by atoms with E-state index < -0.39 is 28.5 Å². The average molecular weight is 467 g/mol. The molecule has 8 nitrogen and oxygen atoms in total. The molecule has 0 aliphatic carbocycles. The van der Waals surface area contributed by atoms with Gasteiger partial charge in [0.15, 0.2) is 6.61 Å². The molecule has 0 aromatic heterocycles. The number of piperidine rings is 1. The van der Waals surface area contributed by atoms with Crippen molar-refractivity contribution in [1.29, 1.82) is 0 Å². The van der Waals surface area contributed by atoms with E-state index in [0.29, 0.717) is 24.5 Å². The van der Waals surface area contributed by atoms with Crippen molar-refractivity contribution in [2.75, 3.05) is 32.1 Å². The maximum atomic E-state index is 12.9. The molecule has 10 heteroatoms. The first kappa shape index (κ1) is 23.1. The molecule has 1 aliphatic heterocycles. The number of benzene rings is 2. The molecule has 0 radical (unpaired) electrons. The summed E-state index contributed by atoms with van der Waals surface area (Å²) in [4.78, 5) is 24.4. The fourth-order valence-corrected chi connectivity index (χ4v) is 5.24. The number of anilines is 1. The summed E-state index contributed by atoms with van der Waals surface area (Å²) in [5.74, 6) is -0.928. The lowest BCUT2D eigenvalue weighted by molar-refractivity contribution is -0.119. The van der Waals surface area contributed by atoms with Crippen LogP contribution in [0.3, 0.4) is 0 Å². The second kappa shape index (κ2) is 10.1. The quantitative estimate of drug-likeness (QED) is 0.628. The number of halogens is 1. The number of nitrogens with zero attached hydrogens (tertiary/aromatic N) is 1. The van der Waals surface area contributed by atoms with E-state index in [1.165, 1.54) is 29.6 Å². The minimum Gasteiger partial charge on any atom is -0.495 e. The molecule has 2 aromatic rings. The minimum atomic E-state index is -3.83. The third-order valence-corrected chi connectivity index (χ3v) is 7.20. The van der Waals surface area contributed by atoms with E-state index in [1.54, 1.807) is 24.3 Å². The SMILES string of the molecule is COc1ccccc1NC(=O)COC(=O)c1ccc(Cl)c(S(=O)(=O)N2CCCCC2)c1. The molecule has 0 bridgehead atoms. The maximum absolute atomic E-state index is 12.9. The first-order chi connectivity index (χ1) is 14.8. The Morgan fingerprint density at radius 3 is 2.52 bits per heavy atom. The van der Waals surface area contributed by atoms with Crippen molar-refractivity contribution >= 4 is 39.2 Å². The van der Waals surface area contributed by atoms with E-state index in [1.807, 2.05) is 0 Å². The van der Waals surface area contributed by atoms with Crippen molar-refractivity contribution in [3.05, 3.63) is 53.1 Å². The van der Waals surface area contributed by atoms with Crippen LogP contribution in [0, 0.1) is 0 Å². The van der Waals surface area contributed by atoms with Gasteiger partial charge in [-0.25, -0.2) is 13.2 Å². The number of carbonyl (C=O) groups is 2. The second-order valence-corrected chi connectivity index (χ2v) is 9.25. The molecule has 0 saturated carbocycles. The van der Waals surface area contributed by atoms with Gasteiger partial charge in [0, 0.05) is 13.1 Å². The highest BCUT2D eigenvalue weighted by atomic mass is 35.5. The fraction of sp³-hybridized carbons (Fsp3) is 0.333. The summed E-state index contributed by atoms with van der Waals surface area (Å²) in [5, 5.41) is 2.62. The van der Waals surface area contributed by atoms with Crippen LogP contribution in [0.5, 0.6) is 5.75 Å². The highest BCUT2D eigenvalue weighted by Gasteiger charge is 2.29. The number of hydrogen-bond acceptors (Lipinski definition) is 6. The number of hydrogen-bond donors (Lipinski definition) is 1. The smallest absolute Gasteiger partial charge is 0.338 e. The molecule has 1 N–H and O–H groups in total. The Kier molecular flexibility index (Phi) is 7.53. The predicted octanol–water partition coefficient (Wildman–Crippen LogP) is 3.32. The molecule has 1 saturated heterocycles. The summed E-state index contributed by atoms with van der Waals surface area (Å²) in [6, 6.07) is 10.7. The first-order valence-corrected chi connectivity index (χ1v) is 11.5. The zero-order valence-corrected chi connectivity index (χ0v) is 18.5. The van der Waals surface area contributed by atoms with Crippen LogP contribution in [-0.4, -0.2) is 51.4 Å². The van der Waals surface area contributed by atoms with Gasteiger partial charge < -0.3 is 14.8 Å². The van der Waals surface area contributed by atoms with Gasteiger partial charge in [0.25, 0.3) is 5.91 Å². The number of nitrogens with one attached hydrogen (secondary N) is 1. The molecule has 0 spiro atoms. The molecule has 1 heterocycles. The Morgan fingerprint density at radius 2 is 1.81 bits per heavy atom. The summed E-state index contributed by atoms with van der Waals surface area (Å²) in [7, 11) is -2.35. The maximum Gasteiger partial charge on any atom is 0.338 e. The number of carbonyl (C=O) groups excluding carboxylic acids is 2. The number of ether oxygens (including phenoxy) is 2. The summed E-state index contributed by atoms with van der Waals surface area (Å²) in [5.41, 5.74) is 0.428. The van der Waals surface area contributed by atoms with E-state index in [9.17, 15) is 18.0 Å². The van der Waals surface area contributed by atoms with Gasteiger partial charge in [0.05, 0.1) is 23.4 Å². The van der Waals surface area contributed by atoms with Crippen molar-refractivity contribution < 1.29 is 27.5 Å². The second-order valence-electron chi connectivity index (χ2n) is 6.93. The van der Waals surface area contributed by atoms with Crippen LogP contribution in [0.15, 0.2) is 47.4 Å². The molecular weight excluding hydrogens is 444 g/mol. The number of rotatable bonds is 7. The Labute approximate surface area is 186 Å². The van der Waals surface area contributed by atoms with E-state index in [4.69, 9.17) is 21.1 Å². The molecule has 166 valence electrons. The van der Waals surface area contributed by atoms with Gasteiger partial charge in [0.2, 0.25) is 10.0 Å². The number of amides is 1. The number of esters is 1. The van der Waals surface area contributed by atoms with Crippen LogP contribution in [0.2, 0.25) is 5.02 Å².